The molecule has 0 aromatic heterocycles. The number of fused-ring (bicyclic) bond motifs is 1. The molecule has 0 bridgehead atoms. The molecule has 24 heavy (non-hydrogen) atoms. The van der Waals surface area contributed by atoms with E-state index in [0.717, 1.165) is 30.5 Å². The summed E-state index contributed by atoms with van der Waals surface area (Å²) in [5.41, 5.74) is 3.99. The lowest BCUT2D eigenvalue weighted by Gasteiger charge is -2.16. The Morgan fingerprint density at radius 3 is 2.42 bits per heavy atom. The van der Waals surface area contributed by atoms with Crippen molar-refractivity contribution in [3.63, 3.8) is 0 Å². The molecule has 2 atom stereocenters. The van der Waals surface area contributed by atoms with Crippen molar-refractivity contribution < 1.29 is 13.2 Å². The number of hydrogen-bond donors (Lipinski definition) is 1. The molecule has 0 heterocycles. The van der Waals surface area contributed by atoms with Gasteiger partial charge in [0.25, 0.3) is 0 Å². The van der Waals surface area contributed by atoms with Crippen LogP contribution in [0.15, 0.2) is 42.5 Å². The normalized spacial score (nSPS) is 20.2. The SMILES string of the molecule is CNCCC1c2cccc(-c3ccc(C(F)(F)F)cc3)c2C[C@H]1C. The van der Waals surface area contributed by atoms with Gasteiger partial charge in [-0.2, -0.15) is 13.2 Å². The Bertz CT molecular complexity index is 704. The maximum Gasteiger partial charge on any atom is 0.416 e. The Balaban J connectivity index is 1.95. The Labute approximate surface area is 140 Å². The number of alkyl halides is 3. The van der Waals surface area contributed by atoms with Crippen molar-refractivity contribution in [2.24, 2.45) is 5.92 Å². The highest BCUT2D eigenvalue weighted by atomic mass is 19.4. The summed E-state index contributed by atoms with van der Waals surface area (Å²) < 4.78 is 38.3. The maximum atomic E-state index is 12.8. The lowest BCUT2D eigenvalue weighted by atomic mass is 9.90. The summed E-state index contributed by atoms with van der Waals surface area (Å²) in [5, 5.41) is 3.21. The second kappa shape index (κ2) is 6.60. The van der Waals surface area contributed by atoms with Crippen LogP contribution in [-0.4, -0.2) is 13.6 Å². The monoisotopic (exact) mass is 333 g/mol. The van der Waals surface area contributed by atoms with Gasteiger partial charge in [-0.05, 0) is 72.7 Å². The van der Waals surface area contributed by atoms with Crippen molar-refractivity contribution in [1.29, 1.82) is 0 Å². The molecule has 0 spiro atoms. The third-order valence-corrected chi connectivity index (χ3v) is 5.05. The van der Waals surface area contributed by atoms with Crippen LogP contribution in [0.4, 0.5) is 13.2 Å². The minimum atomic E-state index is -4.29. The van der Waals surface area contributed by atoms with Gasteiger partial charge >= 0.3 is 6.18 Å². The highest BCUT2D eigenvalue weighted by molar-refractivity contribution is 5.70. The third kappa shape index (κ3) is 3.20. The molecule has 3 rings (SSSR count). The molecule has 0 fully saturated rings. The molecule has 1 nitrogen and oxygen atoms in total. The molecule has 128 valence electrons. The van der Waals surface area contributed by atoms with Gasteiger partial charge < -0.3 is 5.32 Å². The first kappa shape index (κ1) is 17.0. The zero-order valence-corrected chi connectivity index (χ0v) is 14.0. The van der Waals surface area contributed by atoms with Gasteiger partial charge in [0.1, 0.15) is 0 Å². The Kier molecular flexibility index (Phi) is 4.68. The van der Waals surface area contributed by atoms with Gasteiger partial charge in [0, 0.05) is 0 Å². The van der Waals surface area contributed by atoms with Crippen molar-refractivity contribution in [3.8, 4) is 11.1 Å². The largest absolute Gasteiger partial charge is 0.416 e. The van der Waals surface area contributed by atoms with Crippen LogP contribution in [0.1, 0.15) is 36.0 Å². The van der Waals surface area contributed by atoms with E-state index in [2.05, 4.69) is 18.3 Å². The van der Waals surface area contributed by atoms with Crippen LogP contribution in [-0.2, 0) is 12.6 Å². The van der Waals surface area contributed by atoms with Gasteiger partial charge in [-0.15, -0.1) is 0 Å². The van der Waals surface area contributed by atoms with E-state index in [1.54, 1.807) is 12.1 Å². The van der Waals surface area contributed by atoms with Crippen molar-refractivity contribution in [2.45, 2.75) is 31.9 Å². The average Bonchev–Trinajstić information content (AvgIpc) is 2.87. The number of nitrogens with one attached hydrogen (secondary N) is 1. The molecule has 1 aliphatic carbocycles. The van der Waals surface area contributed by atoms with Crippen LogP contribution in [0, 0.1) is 5.92 Å². The fourth-order valence-electron chi connectivity index (χ4n) is 3.80. The van der Waals surface area contributed by atoms with Gasteiger partial charge in [0.05, 0.1) is 5.56 Å². The number of hydrogen-bond acceptors (Lipinski definition) is 1. The van der Waals surface area contributed by atoms with Crippen molar-refractivity contribution >= 4 is 0 Å². The minimum absolute atomic E-state index is 0.516. The summed E-state index contributed by atoms with van der Waals surface area (Å²) in [6.07, 6.45) is -2.22. The molecule has 0 saturated carbocycles. The van der Waals surface area contributed by atoms with E-state index in [0.29, 0.717) is 11.8 Å². The molecule has 1 unspecified atom stereocenters. The van der Waals surface area contributed by atoms with E-state index in [4.69, 9.17) is 0 Å². The van der Waals surface area contributed by atoms with Gasteiger partial charge in [-0.1, -0.05) is 37.3 Å². The third-order valence-electron chi connectivity index (χ3n) is 5.05. The van der Waals surface area contributed by atoms with Crippen LogP contribution in [0.5, 0.6) is 0 Å². The highest BCUT2D eigenvalue weighted by Crippen LogP contribution is 2.44. The van der Waals surface area contributed by atoms with Gasteiger partial charge in [-0.25, -0.2) is 0 Å². The van der Waals surface area contributed by atoms with Crippen molar-refractivity contribution in [3.05, 3.63) is 59.2 Å². The number of halogens is 3. The fraction of sp³-hybridized carbons (Fsp3) is 0.400. The molecule has 2 aromatic carbocycles. The smallest absolute Gasteiger partial charge is 0.320 e. The van der Waals surface area contributed by atoms with Crippen LogP contribution < -0.4 is 5.32 Å². The van der Waals surface area contributed by atoms with E-state index < -0.39 is 11.7 Å². The molecule has 1 N–H and O–H groups in total. The van der Waals surface area contributed by atoms with Gasteiger partial charge in [-0.3, -0.25) is 0 Å². The topological polar surface area (TPSA) is 12.0 Å². The minimum Gasteiger partial charge on any atom is -0.320 e. The Morgan fingerprint density at radius 1 is 1.08 bits per heavy atom. The Morgan fingerprint density at radius 2 is 1.79 bits per heavy atom. The first-order valence-electron chi connectivity index (χ1n) is 8.36. The molecule has 1 aliphatic rings. The molecule has 0 radical (unpaired) electrons. The standard InChI is InChI=1S/C20H22F3N/c1-13-12-19-17(4-3-5-18(19)16(13)10-11-24-2)14-6-8-15(9-7-14)20(21,22)23/h3-9,13,16,24H,10-12H2,1-2H3/t13-,16?/m1/s1. The molecule has 0 aliphatic heterocycles. The predicted octanol–water partition coefficient (Wildman–Crippen LogP) is 5.26. The lowest BCUT2D eigenvalue weighted by Crippen LogP contribution is -2.14. The second-order valence-corrected chi connectivity index (χ2v) is 6.63. The summed E-state index contributed by atoms with van der Waals surface area (Å²) in [4.78, 5) is 0. The summed E-state index contributed by atoms with van der Waals surface area (Å²) in [6.45, 7) is 3.23. The second-order valence-electron chi connectivity index (χ2n) is 6.63. The molecule has 0 saturated heterocycles. The maximum absolute atomic E-state index is 12.8. The van der Waals surface area contributed by atoms with Crippen LogP contribution in [0.2, 0.25) is 0 Å². The van der Waals surface area contributed by atoms with Crippen molar-refractivity contribution in [1.82, 2.24) is 5.32 Å². The van der Waals surface area contributed by atoms with Crippen LogP contribution in [0.3, 0.4) is 0 Å². The van der Waals surface area contributed by atoms with Crippen LogP contribution in [0.25, 0.3) is 11.1 Å². The summed E-state index contributed by atoms with van der Waals surface area (Å²) >= 11 is 0. The van der Waals surface area contributed by atoms with E-state index in [9.17, 15) is 13.2 Å². The van der Waals surface area contributed by atoms with Gasteiger partial charge in [0.15, 0.2) is 0 Å². The summed E-state index contributed by atoms with van der Waals surface area (Å²) in [7, 11) is 1.96. The first-order chi connectivity index (χ1) is 11.4. The number of benzene rings is 2. The van der Waals surface area contributed by atoms with E-state index >= 15 is 0 Å². The van der Waals surface area contributed by atoms with Crippen molar-refractivity contribution in [2.75, 3.05) is 13.6 Å². The van der Waals surface area contributed by atoms with E-state index in [-0.39, 0.29) is 0 Å². The zero-order chi connectivity index (χ0) is 17.3. The zero-order valence-electron chi connectivity index (χ0n) is 14.0. The van der Waals surface area contributed by atoms with Crippen LogP contribution >= 0.6 is 0 Å². The summed E-state index contributed by atoms with van der Waals surface area (Å²) in [5.74, 6) is 1.07. The Hall–Kier alpha value is -1.81. The lowest BCUT2D eigenvalue weighted by molar-refractivity contribution is -0.137. The highest BCUT2D eigenvalue weighted by Gasteiger charge is 2.32. The first-order valence-corrected chi connectivity index (χ1v) is 8.36. The predicted molar refractivity (Wildman–Crippen MR) is 91.0 cm³/mol. The van der Waals surface area contributed by atoms with E-state index in [1.165, 1.54) is 23.3 Å². The quantitative estimate of drug-likeness (QED) is 0.805. The molecular weight excluding hydrogens is 311 g/mol. The molecular formula is C20H22F3N. The van der Waals surface area contributed by atoms with Gasteiger partial charge in [0.2, 0.25) is 0 Å². The molecule has 2 aromatic rings. The summed E-state index contributed by atoms with van der Waals surface area (Å²) in [6, 6.07) is 11.7. The molecule has 4 heteroatoms. The average molecular weight is 333 g/mol. The fourth-order valence-corrected chi connectivity index (χ4v) is 3.80. The van der Waals surface area contributed by atoms with E-state index in [1.807, 2.05) is 19.2 Å². The molecule has 0 amide bonds. The number of rotatable bonds is 4.